The molecule has 0 heterocycles. The maximum Gasteiger partial charge on any atom is 1.00 e. The SMILES string of the molecule is [CH2-]C/C=C/CCOCOCCCCCCCCCC.[Li+]. The minimum atomic E-state index is 0. The van der Waals surface area contributed by atoms with E-state index in [-0.39, 0.29) is 18.9 Å². The van der Waals surface area contributed by atoms with Crippen LogP contribution in [0.3, 0.4) is 0 Å². The Kier molecular flexibility index (Phi) is 24.3. The van der Waals surface area contributed by atoms with Gasteiger partial charge in [0.25, 0.3) is 0 Å². The van der Waals surface area contributed by atoms with E-state index in [0.717, 1.165) is 26.1 Å². The summed E-state index contributed by atoms with van der Waals surface area (Å²) in [5.41, 5.74) is 0. The molecule has 2 nitrogen and oxygen atoms in total. The van der Waals surface area contributed by atoms with Gasteiger partial charge in [0.2, 0.25) is 0 Å². The predicted molar refractivity (Wildman–Crippen MR) is 83.1 cm³/mol. The number of ether oxygens (including phenoxy) is 2. The fourth-order valence-electron chi connectivity index (χ4n) is 1.90. The average molecular weight is 276 g/mol. The molecule has 0 aromatic heterocycles. The molecular weight excluding hydrogens is 243 g/mol. The Morgan fingerprint density at radius 1 is 0.800 bits per heavy atom. The molecule has 0 fully saturated rings. The molecule has 0 unspecified atom stereocenters. The Bertz CT molecular complexity index is 184. The molecule has 0 aliphatic heterocycles. The Hall–Kier alpha value is 0.257. The van der Waals surface area contributed by atoms with Crippen molar-refractivity contribution in [3.05, 3.63) is 19.1 Å². The molecular formula is C17H33LiO2. The molecule has 0 saturated carbocycles. The fourth-order valence-corrected chi connectivity index (χ4v) is 1.90. The van der Waals surface area contributed by atoms with E-state index in [9.17, 15) is 0 Å². The Balaban J connectivity index is 0. The third-order valence-electron chi connectivity index (χ3n) is 3.07. The van der Waals surface area contributed by atoms with Gasteiger partial charge in [-0.3, -0.25) is 0 Å². The molecule has 0 rings (SSSR count). The minimum absolute atomic E-state index is 0. The molecule has 0 spiro atoms. The van der Waals surface area contributed by atoms with Gasteiger partial charge in [-0.15, -0.1) is 6.08 Å². The standard InChI is InChI=1S/C17H33O2.Li/c1-3-5-7-9-10-11-12-14-16-19-17-18-15-13-8-6-4-2;/h6,8H,2-5,7,9-17H2,1H3;/q-1;+1/b8-6+;. The van der Waals surface area contributed by atoms with Gasteiger partial charge in [0.05, 0.1) is 6.61 Å². The van der Waals surface area contributed by atoms with Gasteiger partial charge < -0.3 is 16.4 Å². The van der Waals surface area contributed by atoms with Crippen LogP contribution in [0.5, 0.6) is 0 Å². The van der Waals surface area contributed by atoms with Crippen LogP contribution in [0.1, 0.15) is 71.1 Å². The van der Waals surface area contributed by atoms with Crippen LogP contribution in [0.4, 0.5) is 0 Å². The van der Waals surface area contributed by atoms with Gasteiger partial charge in [-0.05, 0) is 12.8 Å². The zero-order valence-electron chi connectivity index (χ0n) is 13.9. The second-order valence-corrected chi connectivity index (χ2v) is 4.96. The summed E-state index contributed by atoms with van der Waals surface area (Å²) in [7, 11) is 0. The first kappa shape index (κ1) is 22.5. The van der Waals surface area contributed by atoms with Crippen molar-refractivity contribution in [3.63, 3.8) is 0 Å². The smallest absolute Gasteiger partial charge is 0.355 e. The zero-order valence-corrected chi connectivity index (χ0v) is 13.9. The average Bonchev–Trinajstić information content (AvgIpc) is 2.43. The van der Waals surface area contributed by atoms with E-state index >= 15 is 0 Å². The molecule has 0 atom stereocenters. The molecule has 3 heteroatoms. The molecule has 0 N–H and O–H groups in total. The van der Waals surface area contributed by atoms with Crippen molar-refractivity contribution in [1.29, 1.82) is 0 Å². The molecule has 0 aromatic carbocycles. The minimum Gasteiger partial charge on any atom is -0.355 e. The molecule has 0 aliphatic rings. The molecule has 0 amide bonds. The van der Waals surface area contributed by atoms with E-state index in [1.807, 2.05) is 0 Å². The number of hydrogen-bond donors (Lipinski definition) is 0. The van der Waals surface area contributed by atoms with Crippen LogP contribution >= 0.6 is 0 Å². The van der Waals surface area contributed by atoms with Crippen LogP contribution in [-0.2, 0) is 9.47 Å². The second kappa shape index (κ2) is 21.6. The van der Waals surface area contributed by atoms with Crippen LogP contribution < -0.4 is 18.9 Å². The van der Waals surface area contributed by atoms with Gasteiger partial charge in [-0.1, -0.05) is 57.9 Å². The molecule has 0 radical (unpaired) electrons. The zero-order chi connectivity index (χ0) is 14.0. The summed E-state index contributed by atoms with van der Waals surface area (Å²) in [4.78, 5) is 0. The van der Waals surface area contributed by atoms with Crippen LogP contribution in [0.25, 0.3) is 0 Å². The first-order valence-corrected chi connectivity index (χ1v) is 8.01. The first-order valence-electron chi connectivity index (χ1n) is 8.01. The second-order valence-electron chi connectivity index (χ2n) is 4.96. The largest absolute Gasteiger partial charge is 1.00 e. The van der Waals surface area contributed by atoms with E-state index in [2.05, 4.69) is 26.0 Å². The summed E-state index contributed by atoms with van der Waals surface area (Å²) in [6.45, 7) is 8.02. The monoisotopic (exact) mass is 276 g/mol. The molecule has 0 aliphatic carbocycles. The van der Waals surface area contributed by atoms with Crippen molar-refractivity contribution in [3.8, 4) is 0 Å². The Morgan fingerprint density at radius 3 is 2.05 bits per heavy atom. The van der Waals surface area contributed by atoms with Crippen molar-refractivity contribution in [2.45, 2.75) is 71.1 Å². The van der Waals surface area contributed by atoms with Gasteiger partial charge >= 0.3 is 18.9 Å². The van der Waals surface area contributed by atoms with Crippen LogP contribution in [0, 0.1) is 6.92 Å². The normalized spacial score (nSPS) is 10.9. The Morgan fingerprint density at radius 2 is 1.40 bits per heavy atom. The molecule has 0 aromatic rings. The molecule has 0 saturated heterocycles. The topological polar surface area (TPSA) is 18.5 Å². The van der Waals surface area contributed by atoms with E-state index in [1.54, 1.807) is 0 Å². The summed E-state index contributed by atoms with van der Waals surface area (Å²) in [5.74, 6) is 0. The van der Waals surface area contributed by atoms with Gasteiger partial charge in [-0.25, -0.2) is 0 Å². The van der Waals surface area contributed by atoms with E-state index < -0.39 is 0 Å². The van der Waals surface area contributed by atoms with Crippen molar-refractivity contribution in [1.82, 2.24) is 0 Å². The summed E-state index contributed by atoms with van der Waals surface area (Å²) >= 11 is 0. The number of hydrogen-bond acceptors (Lipinski definition) is 2. The summed E-state index contributed by atoms with van der Waals surface area (Å²) in [6, 6.07) is 0. The summed E-state index contributed by atoms with van der Waals surface area (Å²) in [6.07, 6.45) is 16.7. The summed E-state index contributed by atoms with van der Waals surface area (Å²) < 4.78 is 10.8. The third-order valence-corrected chi connectivity index (χ3v) is 3.07. The molecule has 0 bridgehead atoms. The number of rotatable bonds is 15. The van der Waals surface area contributed by atoms with Gasteiger partial charge in [0.1, 0.15) is 6.79 Å². The number of allylic oxidation sites excluding steroid dienone is 1. The van der Waals surface area contributed by atoms with Gasteiger partial charge in [0, 0.05) is 6.61 Å². The fraction of sp³-hybridized carbons (Fsp3) is 0.824. The van der Waals surface area contributed by atoms with E-state index in [0.29, 0.717) is 6.79 Å². The first-order chi connectivity index (χ1) is 9.41. The van der Waals surface area contributed by atoms with Gasteiger partial charge in [-0.2, -0.15) is 6.42 Å². The van der Waals surface area contributed by atoms with Crippen LogP contribution in [-0.4, -0.2) is 20.0 Å². The van der Waals surface area contributed by atoms with Crippen molar-refractivity contribution < 1.29 is 28.3 Å². The van der Waals surface area contributed by atoms with Gasteiger partial charge in [0.15, 0.2) is 0 Å². The maximum atomic E-state index is 5.43. The quantitative estimate of drug-likeness (QED) is 0.150. The van der Waals surface area contributed by atoms with Crippen LogP contribution in [0.15, 0.2) is 12.2 Å². The number of unbranched alkanes of at least 4 members (excludes halogenated alkanes) is 7. The Labute approximate surface area is 138 Å². The van der Waals surface area contributed by atoms with E-state index in [1.165, 1.54) is 51.4 Å². The van der Waals surface area contributed by atoms with E-state index in [4.69, 9.17) is 9.47 Å². The van der Waals surface area contributed by atoms with Crippen molar-refractivity contribution in [2.24, 2.45) is 0 Å². The predicted octanol–water partition coefficient (Wildman–Crippen LogP) is 2.29. The molecule has 20 heavy (non-hydrogen) atoms. The molecule has 114 valence electrons. The van der Waals surface area contributed by atoms with Crippen molar-refractivity contribution in [2.75, 3.05) is 20.0 Å². The van der Waals surface area contributed by atoms with Crippen LogP contribution in [0.2, 0.25) is 0 Å². The van der Waals surface area contributed by atoms with Crippen molar-refractivity contribution >= 4 is 0 Å². The maximum absolute atomic E-state index is 5.43. The third kappa shape index (κ3) is 20.6. The summed E-state index contributed by atoms with van der Waals surface area (Å²) in [5, 5.41) is 0.